The zero-order valence-electron chi connectivity index (χ0n) is 13.2. The molecule has 0 spiro atoms. The van der Waals surface area contributed by atoms with Crippen LogP contribution >= 0.6 is 11.6 Å². The molecule has 0 aromatic heterocycles. The lowest BCUT2D eigenvalue weighted by Gasteiger charge is -2.13. The van der Waals surface area contributed by atoms with Crippen molar-refractivity contribution in [3.05, 3.63) is 59.1 Å². The molecule has 0 atom stereocenters. The van der Waals surface area contributed by atoms with Crippen LogP contribution in [0.15, 0.2) is 43.0 Å². The van der Waals surface area contributed by atoms with E-state index in [4.69, 9.17) is 21.4 Å². The number of methoxy groups -OCH3 is 1. The molecule has 23 heavy (non-hydrogen) atoms. The molecule has 0 saturated heterocycles. The number of halogens is 1. The fourth-order valence-corrected chi connectivity index (χ4v) is 2.81. The Morgan fingerprint density at radius 2 is 2.04 bits per heavy atom. The highest BCUT2D eigenvalue weighted by Gasteiger charge is 2.12. The number of allylic oxidation sites excluding steroid dienone is 1. The first-order chi connectivity index (χ1) is 11.1. The van der Waals surface area contributed by atoms with Crippen molar-refractivity contribution in [2.75, 3.05) is 13.7 Å². The normalized spacial score (nSPS) is 10.6. The molecule has 0 aliphatic rings. The summed E-state index contributed by atoms with van der Waals surface area (Å²) >= 11 is 6.15. The van der Waals surface area contributed by atoms with Gasteiger partial charge in [0.05, 0.1) is 12.1 Å². The summed E-state index contributed by atoms with van der Waals surface area (Å²) in [6.45, 7) is 3.89. The lowest BCUT2D eigenvalue weighted by molar-refractivity contribution is 0.288. The van der Waals surface area contributed by atoms with Gasteiger partial charge in [0.2, 0.25) is 0 Å². The predicted molar refractivity (Wildman–Crippen MR) is 94.4 cm³/mol. The van der Waals surface area contributed by atoms with Gasteiger partial charge in [-0.2, -0.15) is 0 Å². The summed E-state index contributed by atoms with van der Waals surface area (Å²) in [5.41, 5.74) is 3.53. The molecular weight excluding hydrogens is 312 g/mol. The number of phenolic OH excluding ortho intramolecular Hbond substituents is 1. The first-order valence-electron chi connectivity index (χ1n) is 7.51. The number of hydrogen-bond donors (Lipinski definition) is 2. The molecule has 0 fully saturated rings. The van der Waals surface area contributed by atoms with Gasteiger partial charge in [0.15, 0.2) is 0 Å². The van der Waals surface area contributed by atoms with E-state index in [2.05, 4.69) is 6.58 Å². The number of aryl methyl sites for hydroxylation is 1. The Balaban J connectivity index is 2.49. The molecule has 2 aromatic rings. The van der Waals surface area contributed by atoms with Gasteiger partial charge in [0.25, 0.3) is 0 Å². The zero-order valence-corrected chi connectivity index (χ0v) is 13.9. The summed E-state index contributed by atoms with van der Waals surface area (Å²) in [5, 5.41) is 19.6. The Morgan fingerprint density at radius 3 is 2.70 bits per heavy atom. The molecule has 0 bridgehead atoms. The fourth-order valence-electron chi connectivity index (χ4n) is 2.56. The maximum absolute atomic E-state index is 10.3. The van der Waals surface area contributed by atoms with Crippen LogP contribution in [-0.4, -0.2) is 23.9 Å². The number of hydrogen-bond acceptors (Lipinski definition) is 3. The largest absolute Gasteiger partial charge is 0.506 e. The van der Waals surface area contributed by atoms with Gasteiger partial charge >= 0.3 is 0 Å². The molecule has 0 amide bonds. The Hall–Kier alpha value is -1.97. The fraction of sp³-hybridized carbons (Fsp3) is 0.263. The SMILES string of the molecule is C=CCc1cc(-c2cc(CCCO)cc(Cl)c2O)ccc1OC. The van der Waals surface area contributed by atoms with Crippen LogP contribution in [0.4, 0.5) is 0 Å². The smallest absolute Gasteiger partial charge is 0.142 e. The molecule has 3 nitrogen and oxygen atoms in total. The van der Waals surface area contributed by atoms with E-state index in [1.807, 2.05) is 30.3 Å². The lowest BCUT2D eigenvalue weighted by atomic mass is 9.97. The van der Waals surface area contributed by atoms with Crippen molar-refractivity contribution in [1.82, 2.24) is 0 Å². The molecule has 0 aliphatic carbocycles. The minimum Gasteiger partial charge on any atom is -0.506 e. The molecule has 0 radical (unpaired) electrons. The molecule has 0 unspecified atom stereocenters. The number of aliphatic hydroxyl groups excluding tert-OH is 1. The third-order valence-corrected chi connectivity index (χ3v) is 3.99. The Kier molecular flexibility index (Phi) is 6.08. The van der Waals surface area contributed by atoms with Crippen LogP contribution in [0.25, 0.3) is 11.1 Å². The van der Waals surface area contributed by atoms with Crippen LogP contribution < -0.4 is 4.74 Å². The van der Waals surface area contributed by atoms with Crippen molar-refractivity contribution < 1.29 is 14.9 Å². The van der Waals surface area contributed by atoms with Crippen molar-refractivity contribution in [3.63, 3.8) is 0 Å². The van der Waals surface area contributed by atoms with Crippen LogP contribution in [0, 0.1) is 0 Å². The summed E-state index contributed by atoms with van der Waals surface area (Å²) in [4.78, 5) is 0. The maximum Gasteiger partial charge on any atom is 0.142 e. The highest BCUT2D eigenvalue weighted by Crippen LogP contribution is 2.38. The van der Waals surface area contributed by atoms with Crippen molar-refractivity contribution >= 4 is 11.6 Å². The van der Waals surface area contributed by atoms with Crippen LogP contribution in [0.2, 0.25) is 5.02 Å². The number of benzene rings is 2. The third-order valence-electron chi connectivity index (χ3n) is 3.70. The maximum atomic E-state index is 10.3. The second-order valence-corrected chi connectivity index (χ2v) is 5.73. The minimum atomic E-state index is 0.0640. The van der Waals surface area contributed by atoms with Crippen LogP contribution in [0.1, 0.15) is 17.5 Å². The number of rotatable bonds is 7. The van der Waals surface area contributed by atoms with Gasteiger partial charge in [-0.1, -0.05) is 23.7 Å². The summed E-state index contributed by atoms with van der Waals surface area (Å²) in [6, 6.07) is 9.40. The molecule has 0 aliphatic heterocycles. The van der Waals surface area contributed by atoms with E-state index in [0.29, 0.717) is 29.8 Å². The number of phenols is 1. The zero-order chi connectivity index (χ0) is 16.8. The van der Waals surface area contributed by atoms with E-state index in [1.54, 1.807) is 13.2 Å². The monoisotopic (exact) mass is 332 g/mol. The Bertz CT molecular complexity index is 695. The first-order valence-corrected chi connectivity index (χ1v) is 7.89. The second-order valence-electron chi connectivity index (χ2n) is 5.32. The lowest BCUT2D eigenvalue weighted by Crippen LogP contribution is -1.94. The van der Waals surface area contributed by atoms with E-state index < -0.39 is 0 Å². The van der Waals surface area contributed by atoms with E-state index in [9.17, 15) is 5.11 Å². The van der Waals surface area contributed by atoms with Crippen molar-refractivity contribution in [3.8, 4) is 22.6 Å². The highest BCUT2D eigenvalue weighted by molar-refractivity contribution is 6.32. The van der Waals surface area contributed by atoms with E-state index >= 15 is 0 Å². The van der Waals surface area contributed by atoms with E-state index in [0.717, 1.165) is 22.4 Å². The molecule has 122 valence electrons. The molecule has 0 saturated carbocycles. The van der Waals surface area contributed by atoms with Gasteiger partial charge in [-0.3, -0.25) is 0 Å². The summed E-state index contributed by atoms with van der Waals surface area (Å²) in [6.07, 6.45) is 3.85. The van der Waals surface area contributed by atoms with Crippen LogP contribution in [-0.2, 0) is 12.8 Å². The van der Waals surface area contributed by atoms with Crippen LogP contribution in [0.3, 0.4) is 0 Å². The van der Waals surface area contributed by atoms with Crippen LogP contribution in [0.5, 0.6) is 11.5 Å². The van der Waals surface area contributed by atoms with Gasteiger partial charge in [-0.15, -0.1) is 6.58 Å². The number of aliphatic hydroxyl groups is 1. The third kappa shape index (κ3) is 4.06. The summed E-state index contributed by atoms with van der Waals surface area (Å²) in [7, 11) is 1.63. The van der Waals surface area contributed by atoms with Crippen molar-refractivity contribution in [2.24, 2.45) is 0 Å². The average molecular weight is 333 g/mol. The van der Waals surface area contributed by atoms with E-state index in [-0.39, 0.29) is 12.4 Å². The summed E-state index contributed by atoms with van der Waals surface area (Å²) in [5.74, 6) is 0.852. The number of aromatic hydroxyl groups is 1. The first kappa shape index (κ1) is 17.4. The van der Waals surface area contributed by atoms with Gasteiger partial charge in [-0.25, -0.2) is 0 Å². The van der Waals surface area contributed by atoms with Gasteiger partial charge in [0, 0.05) is 12.2 Å². The highest BCUT2D eigenvalue weighted by atomic mass is 35.5. The van der Waals surface area contributed by atoms with Gasteiger partial charge in [0.1, 0.15) is 11.5 Å². The minimum absolute atomic E-state index is 0.0640. The second kappa shape index (κ2) is 8.04. The Morgan fingerprint density at radius 1 is 1.26 bits per heavy atom. The quantitative estimate of drug-likeness (QED) is 0.740. The molecule has 2 rings (SSSR count). The molecule has 4 heteroatoms. The summed E-state index contributed by atoms with van der Waals surface area (Å²) < 4.78 is 5.36. The topological polar surface area (TPSA) is 49.7 Å². The van der Waals surface area contributed by atoms with Gasteiger partial charge < -0.3 is 14.9 Å². The molecule has 2 aromatic carbocycles. The molecular formula is C19H21ClO3. The van der Waals surface area contributed by atoms with Crippen molar-refractivity contribution in [2.45, 2.75) is 19.3 Å². The van der Waals surface area contributed by atoms with Crippen molar-refractivity contribution in [1.29, 1.82) is 0 Å². The van der Waals surface area contributed by atoms with Gasteiger partial charge in [-0.05, 0) is 60.2 Å². The predicted octanol–water partition coefficient (Wildman–Crippen LogP) is 4.37. The number of ether oxygens (including phenoxy) is 1. The molecule has 2 N–H and O–H groups in total. The Labute approximate surface area is 141 Å². The van der Waals surface area contributed by atoms with E-state index in [1.165, 1.54) is 0 Å². The average Bonchev–Trinajstić information content (AvgIpc) is 2.56. The molecule has 0 heterocycles. The standard InChI is InChI=1S/C19H21ClO3/c1-3-5-15-12-14(7-8-18(15)23-2)16-10-13(6-4-9-21)11-17(20)19(16)22/h3,7-8,10-12,21-22H,1,4-6,9H2,2H3.